The van der Waals surface area contributed by atoms with Crippen LogP contribution in [0.4, 0.5) is 0 Å². The summed E-state index contributed by atoms with van der Waals surface area (Å²) in [5.74, 6) is 0.0298. The molecule has 1 aliphatic rings. The molecule has 2 unspecified atom stereocenters. The predicted octanol–water partition coefficient (Wildman–Crippen LogP) is 1.29. The van der Waals surface area contributed by atoms with Crippen molar-refractivity contribution in [3.8, 4) is 0 Å². The highest BCUT2D eigenvalue weighted by atomic mass is 16.5. The number of hydrogen-bond donors (Lipinski definition) is 1. The summed E-state index contributed by atoms with van der Waals surface area (Å²) in [7, 11) is 0. The van der Waals surface area contributed by atoms with Gasteiger partial charge in [-0.2, -0.15) is 0 Å². The van der Waals surface area contributed by atoms with Crippen LogP contribution < -0.4 is 0 Å². The van der Waals surface area contributed by atoms with E-state index in [1.165, 1.54) is 0 Å². The van der Waals surface area contributed by atoms with Gasteiger partial charge in [0.05, 0.1) is 6.10 Å². The fourth-order valence-corrected chi connectivity index (χ4v) is 1.67. The average molecular weight is 186 g/mol. The molecule has 0 aromatic heterocycles. The molecule has 1 fully saturated rings. The molecule has 0 aromatic carbocycles. The van der Waals surface area contributed by atoms with E-state index in [4.69, 9.17) is 4.74 Å². The Bertz CT molecular complexity index is 191. The number of rotatable bonds is 3. The second-order valence-electron chi connectivity index (χ2n) is 3.79. The second-order valence-corrected chi connectivity index (χ2v) is 3.79. The molecule has 3 heteroatoms. The van der Waals surface area contributed by atoms with Crippen LogP contribution >= 0.6 is 0 Å². The van der Waals surface area contributed by atoms with Crippen LogP contribution in [-0.4, -0.2) is 29.2 Å². The molecule has 0 radical (unpaired) electrons. The number of aliphatic hydroxyl groups excluding tert-OH is 1. The zero-order chi connectivity index (χ0) is 9.90. The Morgan fingerprint density at radius 2 is 2.38 bits per heavy atom. The Balaban J connectivity index is 2.65. The van der Waals surface area contributed by atoms with Crippen LogP contribution in [0.25, 0.3) is 0 Å². The summed E-state index contributed by atoms with van der Waals surface area (Å²) in [5, 5.41) is 9.68. The van der Waals surface area contributed by atoms with Gasteiger partial charge in [-0.25, -0.2) is 0 Å². The molecule has 1 N–H and O–H groups in total. The number of hydrogen-bond acceptors (Lipinski definition) is 3. The number of carbonyl (C=O) groups excluding carboxylic acids is 1. The smallest absolute Gasteiger partial charge is 0.167 e. The van der Waals surface area contributed by atoms with Gasteiger partial charge in [0.1, 0.15) is 5.60 Å². The summed E-state index contributed by atoms with van der Waals surface area (Å²) >= 11 is 0. The first-order valence-corrected chi connectivity index (χ1v) is 4.96. The highest BCUT2D eigenvalue weighted by Crippen LogP contribution is 2.27. The topological polar surface area (TPSA) is 46.5 Å². The Labute approximate surface area is 79.1 Å². The molecule has 1 aliphatic heterocycles. The third-order valence-corrected chi connectivity index (χ3v) is 2.69. The lowest BCUT2D eigenvalue weighted by atomic mass is 9.86. The number of ether oxygens (including phenoxy) is 1. The zero-order valence-corrected chi connectivity index (χ0v) is 8.38. The molecular weight excluding hydrogens is 168 g/mol. The minimum absolute atomic E-state index is 0.0298. The molecule has 0 saturated carbocycles. The van der Waals surface area contributed by atoms with Gasteiger partial charge in [0.15, 0.2) is 5.78 Å². The lowest BCUT2D eigenvalue weighted by Gasteiger charge is -2.36. The van der Waals surface area contributed by atoms with Crippen molar-refractivity contribution < 1.29 is 14.6 Å². The Hall–Kier alpha value is -0.410. The van der Waals surface area contributed by atoms with Crippen LogP contribution in [0, 0.1) is 0 Å². The maximum atomic E-state index is 11.6. The van der Waals surface area contributed by atoms with Gasteiger partial charge < -0.3 is 9.84 Å². The van der Waals surface area contributed by atoms with Crippen LogP contribution in [0.1, 0.15) is 39.5 Å². The fourth-order valence-electron chi connectivity index (χ4n) is 1.67. The Morgan fingerprint density at radius 1 is 1.69 bits per heavy atom. The zero-order valence-electron chi connectivity index (χ0n) is 8.38. The first kappa shape index (κ1) is 10.7. The summed E-state index contributed by atoms with van der Waals surface area (Å²) in [6, 6.07) is 0. The summed E-state index contributed by atoms with van der Waals surface area (Å²) in [6.45, 7) is 4.24. The summed E-state index contributed by atoms with van der Waals surface area (Å²) < 4.78 is 5.39. The van der Waals surface area contributed by atoms with Gasteiger partial charge in [0, 0.05) is 13.0 Å². The quantitative estimate of drug-likeness (QED) is 0.722. The van der Waals surface area contributed by atoms with Gasteiger partial charge in [-0.1, -0.05) is 6.92 Å². The minimum atomic E-state index is -0.936. The first-order valence-electron chi connectivity index (χ1n) is 4.96. The Kier molecular flexibility index (Phi) is 3.45. The van der Waals surface area contributed by atoms with Crippen molar-refractivity contribution in [1.29, 1.82) is 0 Å². The van der Waals surface area contributed by atoms with Crippen LogP contribution in [-0.2, 0) is 9.53 Å². The van der Waals surface area contributed by atoms with Gasteiger partial charge in [-0.15, -0.1) is 0 Å². The highest BCUT2D eigenvalue weighted by Gasteiger charge is 2.42. The molecule has 0 aliphatic carbocycles. The van der Waals surface area contributed by atoms with Crippen LogP contribution in [0.5, 0.6) is 0 Å². The maximum Gasteiger partial charge on any atom is 0.167 e. The van der Waals surface area contributed by atoms with Crippen LogP contribution in [0.2, 0.25) is 0 Å². The van der Waals surface area contributed by atoms with Crippen molar-refractivity contribution in [3.63, 3.8) is 0 Å². The molecule has 0 spiro atoms. The van der Waals surface area contributed by atoms with E-state index >= 15 is 0 Å². The largest absolute Gasteiger partial charge is 0.390 e. The lowest BCUT2D eigenvalue weighted by Crippen LogP contribution is -2.51. The maximum absolute atomic E-state index is 11.6. The third-order valence-electron chi connectivity index (χ3n) is 2.69. The van der Waals surface area contributed by atoms with E-state index in [0.29, 0.717) is 19.4 Å². The van der Waals surface area contributed by atoms with E-state index in [0.717, 1.165) is 12.8 Å². The van der Waals surface area contributed by atoms with Crippen LogP contribution in [0.15, 0.2) is 0 Å². The number of ketones is 1. The summed E-state index contributed by atoms with van der Waals surface area (Å²) in [6.07, 6.45) is 2.19. The SMILES string of the molecule is CCCC(=O)C1(C)OCCCC1O. The van der Waals surface area contributed by atoms with Crippen molar-refractivity contribution in [1.82, 2.24) is 0 Å². The summed E-state index contributed by atoms with van der Waals surface area (Å²) in [4.78, 5) is 11.6. The molecule has 1 heterocycles. The molecular formula is C10H18O3. The number of Topliss-reactive ketones (excluding diaryl/α,β-unsaturated/α-hetero) is 1. The van der Waals surface area contributed by atoms with Gasteiger partial charge >= 0.3 is 0 Å². The predicted molar refractivity (Wildman–Crippen MR) is 49.5 cm³/mol. The van der Waals surface area contributed by atoms with E-state index in [1.54, 1.807) is 6.92 Å². The molecule has 0 bridgehead atoms. The van der Waals surface area contributed by atoms with Gasteiger partial charge in [0.25, 0.3) is 0 Å². The third kappa shape index (κ3) is 2.09. The molecule has 2 atom stereocenters. The van der Waals surface area contributed by atoms with Crippen molar-refractivity contribution in [2.24, 2.45) is 0 Å². The molecule has 1 rings (SSSR count). The number of aliphatic hydroxyl groups is 1. The monoisotopic (exact) mass is 186 g/mol. The van der Waals surface area contributed by atoms with E-state index in [9.17, 15) is 9.90 Å². The van der Waals surface area contributed by atoms with E-state index in [-0.39, 0.29) is 5.78 Å². The molecule has 1 saturated heterocycles. The molecule has 3 nitrogen and oxygen atoms in total. The lowest BCUT2D eigenvalue weighted by molar-refractivity contribution is -0.170. The molecule has 0 amide bonds. The normalized spacial score (nSPS) is 34.5. The van der Waals surface area contributed by atoms with E-state index in [2.05, 4.69) is 0 Å². The minimum Gasteiger partial charge on any atom is -0.390 e. The second kappa shape index (κ2) is 4.20. The van der Waals surface area contributed by atoms with E-state index in [1.807, 2.05) is 6.92 Å². The average Bonchev–Trinajstić information content (AvgIpc) is 2.11. The van der Waals surface area contributed by atoms with Crippen molar-refractivity contribution in [2.75, 3.05) is 6.61 Å². The number of carbonyl (C=O) groups is 1. The molecule has 76 valence electrons. The fraction of sp³-hybridized carbons (Fsp3) is 0.900. The van der Waals surface area contributed by atoms with E-state index < -0.39 is 11.7 Å². The molecule has 0 aromatic rings. The highest BCUT2D eigenvalue weighted by molar-refractivity contribution is 5.87. The van der Waals surface area contributed by atoms with Gasteiger partial charge in [0.2, 0.25) is 0 Å². The first-order chi connectivity index (χ1) is 6.11. The van der Waals surface area contributed by atoms with Crippen molar-refractivity contribution >= 4 is 5.78 Å². The van der Waals surface area contributed by atoms with Crippen molar-refractivity contribution in [2.45, 2.75) is 51.2 Å². The van der Waals surface area contributed by atoms with Gasteiger partial charge in [-0.3, -0.25) is 4.79 Å². The van der Waals surface area contributed by atoms with Crippen LogP contribution in [0.3, 0.4) is 0 Å². The van der Waals surface area contributed by atoms with Crippen molar-refractivity contribution in [3.05, 3.63) is 0 Å². The Morgan fingerprint density at radius 3 is 2.92 bits per heavy atom. The molecule has 13 heavy (non-hydrogen) atoms. The van der Waals surface area contributed by atoms with Gasteiger partial charge in [-0.05, 0) is 26.2 Å². The summed E-state index contributed by atoms with van der Waals surface area (Å²) in [5.41, 5.74) is -0.936. The standard InChI is InChI=1S/C10H18O3/c1-3-5-8(11)10(2)9(12)6-4-7-13-10/h9,12H,3-7H2,1-2H3.